The van der Waals surface area contributed by atoms with Gasteiger partial charge >= 0.3 is 0 Å². The Kier molecular flexibility index (Phi) is 0.904. The van der Waals surface area contributed by atoms with Gasteiger partial charge in [-0.15, -0.1) is 0 Å². The molecule has 0 bridgehead atoms. The summed E-state index contributed by atoms with van der Waals surface area (Å²) in [6.45, 7) is 0. The molecule has 0 radical (unpaired) electrons. The van der Waals surface area contributed by atoms with Crippen molar-refractivity contribution in [2.24, 2.45) is 0 Å². The second-order valence-corrected chi connectivity index (χ2v) is 2.47. The summed E-state index contributed by atoms with van der Waals surface area (Å²) in [7, 11) is 0. The Morgan fingerprint density at radius 2 is 2.56 bits per heavy atom. The van der Waals surface area contributed by atoms with Crippen LogP contribution in [0.5, 0.6) is 0 Å². The Hall–Kier alpha value is -0.760. The molecule has 0 amide bonds. The highest BCUT2D eigenvalue weighted by Gasteiger charge is 2.19. The minimum atomic E-state index is -0.227. The van der Waals surface area contributed by atoms with E-state index in [1.54, 1.807) is 0 Å². The van der Waals surface area contributed by atoms with Crippen LogP contribution in [0.4, 0.5) is 0 Å². The van der Waals surface area contributed by atoms with Crippen LogP contribution >= 0.6 is 0 Å². The Bertz CT molecular complexity index is 216. The summed E-state index contributed by atoms with van der Waals surface area (Å²) in [4.78, 5) is 3.02. The summed E-state index contributed by atoms with van der Waals surface area (Å²) in [5.41, 5.74) is 2.30. The first kappa shape index (κ1) is 5.06. The average molecular weight is 123 g/mol. The predicted octanol–water partition coefficient (Wildman–Crippen LogP) is 0.994. The zero-order valence-corrected chi connectivity index (χ0v) is 5.09. The summed E-state index contributed by atoms with van der Waals surface area (Å²) in [5, 5.41) is 9.24. The first-order valence-corrected chi connectivity index (χ1v) is 3.22. The van der Waals surface area contributed by atoms with Gasteiger partial charge in [0.15, 0.2) is 0 Å². The standard InChI is InChI=1S/C7H9NO/c9-6-2-1-5-3-4-8-7(5)6/h3-4,6,8-9H,1-2H2. The van der Waals surface area contributed by atoms with Crippen molar-refractivity contribution in [1.29, 1.82) is 0 Å². The molecule has 0 spiro atoms. The van der Waals surface area contributed by atoms with E-state index in [0.29, 0.717) is 0 Å². The van der Waals surface area contributed by atoms with Crippen LogP contribution in [0.2, 0.25) is 0 Å². The quantitative estimate of drug-likeness (QED) is 0.530. The van der Waals surface area contributed by atoms with Crippen LogP contribution in [0, 0.1) is 0 Å². The SMILES string of the molecule is OC1CCc2cc[nH]c21. The van der Waals surface area contributed by atoms with Crippen LogP contribution in [0.25, 0.3) is 0 Å². The molecule has 0 saturated heterocycles. The molecule has 1 aromatic heterocycles. The average Bonchev–Trinajstić information content (AvgIpc) is 2.35. The van der Waals surface area contributed by atoms with Gasteiger partial charge in [0.05, 0.1) is 6.10 Å². The van der Waals surface area contributed by atoms with Gasteiger partial charge in [-0.05, 0) is 24.5 Å². The zero-order chi connectivity index (χ0) is 6.27. The lowest BCUT2D eigenvalue weighted by Crippen LogP contribution is -1.89. The van der Waals surface area contributed by atoms with Gasteiger partial charge in [-0.1, -0.05) is 0 Å². The maximum atomic E-state index is 9.24. The van der Waals surface area contributed by atoms with E-state index in [-0.39, 0.29) is 6.10 Å². The molecule has 2 rings (SSSR count). The van der Waals surface area contributed by atoms with E-state index < -0.39 is 0 Å². The molecule has 2 heteroatoms. The fraction of sp³-hybridized carbons (Fsp3) is 0.429. The molecule has 2 nitrogen and oxygen atoms in total. The molecule has 1 unspecified atom stereocenters. The van der Waals surface area contributed by atoms with Crippen molar-refractivity contribution in [1.82, 2.24) is 4.98 Å². The van der Waals surface area contributed by atoms with E-state index in [1.165, 1.54) is 5.56 Å². The number of aliphatic hydroxyl groups is 1. The van der Waals surface area contributed by atoms with Gasteiger partial charge in [0.25, 0.3) is 0 Å². The number of aryl methyl sites for hydroxylation is 1. The number of rotatable bonds is 0. The zero-order valence-electron chi connectivity index (χ0n) is 5.09. The van der Waals surface area contributed by atoms with Crippen molar-refractivity contribution in [3.63, 3.8) is 0 Å². The Morgan fingerprint density at radius 1 is 1.67 bits per heavy atom. The van der Waals surface area contributed by atoms with Crippen molar-refractivity contribution in [2.45, 2.75) is 18.9 Å². The lowest BCUT2D eigenvalue weighted by Gasteiger charge is -1.96. The number of aliphatic hydroxyl groups excluding tert-OH is 1. The molecular weight excluding hydrogens is 114 g/mol. The molecule has 1 aromatic rings. The van der Waals surface area contributed by atoms with Gasteiger partial charge in [0.2, 0.25) is 0 Å². The maximum Gasteiger partial charge on any atom is 0.0943 e. The summed E-state index contributed by atoms with van der Waals surface area (Å²) in [6, 6.07) is 2.03. The number of fused-ring (bicyclic) bond motifs is 1. The second kappa shape index (κ2) is 1.61. The van der Waals surface area contributed by atoms with E-state index in [9.17, 15) is 5.11 Å². The number of aromatic amines is 1. The molecule has 0 aromatic carbocycles. The molecule has 0 aliphatic heterocycles. The van der Waals surface area contributed by atoms with Crippen LogP contribution < -0.4 is 0 Å². The molecule has 1 aliphatic carbocycles. The van der Waals surface area contributed by atoms with Gasteiger partial charge in [0, 0.05) is 11.9 Å². The third-order valence-corrected chi connectivity index (χ3v) is 1.89. The fourth-order valence-corrected chi connectivity index (χ4v) is 1.38. The number of hydrogen-bond acceptors (Lipinski definition) is 1. The Labute approximate surface area is 53.5 Å². The van der Waals surface area contributed by atoms with E-state index in [1.807, 2.05) is 12.3 Å². The molecule has 2 N–H and O–H groups in total. The van der Waals surface area contributed by atoms with E-state index in [2.05, 4.69) is 4.98 Å². The van der Waals surface area contributed by atoms with Crippen LogP contribution in [0.15, 0.2) is 12.3 Å². The van der Waals surface area contributed by atoms with Crippen molar-refractivity contribution >= 4 is 0 Å². The van der Waals surface area contributed by atoms with E-state index in [4.69, 9.17) is 0 Å². The van der Waals surface area contributed by atoms with E-state index >= 15 is 0 Å². The molecule has 1 atom stereocenters. The number of H-pyrrole nitrogens is 1. The number of nitrogens with one attached hydrogen (secondary N) is 1. The first-order valence-electron chi connectivity index (χ1n) is 3.22. The molecule has 9 heavy (non-hydrogen) atoms. The maximum absolute atomic E-state index is 9.24. The van der Waals surface area contributed by atoms with Gasteiger partial charge in [-0.3, -0.25) is 0 Å². The lowest BCUT2D eigenvalue weighted by atomic mass is 10.3. The lowest BCUT2D eigenvalue weighted by molar-refractivity contribution is 0.176. The highest BCUT2D eigenvalue weighted by molar-refractivity contribution is 5.27. The summed E-state index contributed by atoms with van der Waals surface area (Å²) in [6.07, 6.45) is 3.57. The van der Waals surface area contributed by atoms with Crippen LogP contribution in [0.3, 0.4) is 0 Å². The molecule has 0 fully saturated rings. The largest absolute Gasteiger partial charge is 0.387 e. The minimum Gasteiger partial charge on any atom is -0.387 e. The first-order chi connectivity index (χ1) is 4.38. The van der Waals surface area contributed by atoms with Crippen molar-refractivity contribution in [3.8, 4) is 0 Å². The molecule has 0 saturated carbocycles. The normalized spacial score (nSPS) is 24.3. The molecule has 48 valence electrons. The van der Waals surface area contributed by atoms with Gasteiger partial charge in [0.1, 0.15) is 0 Å². The topological polar surface area (TPSA) is 36.0 Å². The predicted molar refractivity (Wildman–Crippen MR) is 34.1 cm³/mol. The van der Waals surface area contributed by atoms with Crippen molar-refractivity contribution in [2.75, 3.05) is 0 Å². The Morgan fingerprint density at radius 3 is 3.33 bits per heavy atom. The smallest absolute Gasteiger partial charge is 0.0943 e. The fourth-order valence-electron chi connectivity index (χ4n) is 1.38. The van der Waals surface area contributed by atoms with Crippen LogP contribution in [-0.4, -0.2) is 10.1 Å². The summed E-state index contributed by atoms with van der Waals surface area (Å²) < 4.78 is 0. The van der Waals surface area contributed by atoms with Crippen molar-refractivity contribution in [3.05, 3.63) is 23.5 Å². The third-order valence-electron chi connectivity index (χ3n) is 1.89. The highest BCUT2D eigenvalue weighted by atomic mass is 16.3. The summed E-state index contributed by atoms with van der Waals surface area (Å²) in [5.74, 6) is 0. The minimum absolute atomic E-state index is 0.227. The summed E-state index contributed by atoms with van der Waals surface area (Å²) >= 11 is 0. The monoisotopic (exact) mass is 123 g/mol. The van der Waals surface area contributed by atoms with Gasteiger partial charge in [-0.25, -0.2) is 0 Å². The number of hydrogen-bond donors (Lipinski definition) is 2. The third kappa shape index (κ3) is 0.598. The number of aromatic nitrogens is 1. The second-order valence-electron chi connectivity index (χ2n) is 2.47. The Balaban J connectivity index is 2.49. The van der Waals surface area contributed by atoms with Crippen LogP contribution in [-0.2, 0) is 6.42 Å². The van der Waals surface area contributed by atoms with E-state index in [0.717, 1.165) is 18.5 Å². The van der Waals surface area contributed by atoms with Gasteiger partial charge < -0.3 is 10.1 Å². The van der Waals surface area contributed by atoms with Crippen molar-refractivity contribution < 1.29 is 5.11 Å². The highest BCUT2D eigenvalue weighted by Crippen LogP contribution is 2.28. The molecular formula is C7H9NO. The van der Waals surface area contributed by atoms with Gasteiger partial charge in [-0.2, -0.15) is 0 Å². The van der Waals surface area contributed by atoms with Crippen LogP contribution in [0.1, 0.15) is 23.8 Å². The molecule has 1 aliphatic rings. The molecule has 1 heterocycles.